The molecule has 2 aliphatic rings. The molecule has 0 amide bonds. The van der Waals surface area contributed by atoms with E-state index in [1.165, 1.54) is 20.0 Å². The van der Waals surface area contributed by atoms with Crippen molar-refractivity contribution in [3.8, 4) is 0 Å². The van der Waals surface area contributed by atoms with Crippen LogP contribution in [0.5, 0.6) is 0 Å². The van der Waals surface area contributed by atoms with E-state index in [2.05, 4.69) is 18.3 Å². The van der Waals surface area contributed by atoms with E-state index < -0.39 is 82.6 Å². The number of aliphatic hydroxyl groups excluding tert-OH is 4. The van der Waals surface area contributed by atoms with Gasteiger partial charge in [0, 0.05) is 18.2 Å². The minimum Gasteiger partial charge on any atom is -0.390 e. The average molecular weight is 548 g/mol. The van der Waals surface area contributed by atoms with Gasteiger partial charge in [0.15, 0.2) is 6.29 Å². The van der Waals surface area contributed by atoms with Crippen molar-refractivity contribution in [2.45, 2.75) is 69.4 Å². The molecule has 17 nitrogen and oxygen atoms in total. The molecule has 2 fully saturated rings. The summed E-state index contributed by atoms with van der Waals surface area (Å²) >= 11 is 0. The lowest BCUT2D eigenvalue weighted by Crippen LogP contribution is -2.57. The number of aromatic nitrogens is 2. The Morgan fingerprint density at radius 1 is 1.09 bits per heavy atom. The standard InChI is InChI=1S/C16H26N2O15P2/c1-6-4-18(16(24)17-14(6)23)10-3-8(19)9(31-10)5-29-34(25,26)33-35(27,28)32-15-13(22)12(21)11(20)7(2)30-15/h4,7-13,15,19-22H,3,5H2,1-2H3,(H,25,26)(H,27,28)(H,17,23,24)/t7-,8+,9-,10-,11+,12+,13-,15-/m1/s1. The smallest absolute Gasteiger partial charge is 0.390 e. The summed E-state index contributed by atoms with van der Waals surface area (Å²) in [4.78, 5) is 45.2. The molecule has 2 unspecified atom stereocenters. The first-order chi connectivity index (χ1) is 16.1. The van der Waals surface area contributed by atoms with Crippen molar-refractivity contribution in [1.82, 2.24) is 9.55 Å². The number of rotatable bonds is 8. The van der Waals surface area contributed by atoms with Gasteiger partial charge in [-0.3, -0.25) is 23.4 Å². The first-order valence-electron chi connectivity index (χ1n) is 10.2. The maximum Gasteiger partial charge on any atom is 0.483 e. The van der Waals surface area contributed by atoms with Gasteiger partial charge < -0.3 is 39.7 Å². The molecule has 35 heavy (non-hydrogen) atoms. The minimum atomic E-state index is -5.44. The summed E-state index contributed by atoms with van der Waals surface area (Å²) in [5.74, 6) is 0. The third kappa shape index (κ3) is 6.72. The highest BCUT2D eigenvalue weighted by atomic mass is 31.3. The van der Waals surface area contributed by atoms with Crippen LogP contribution in [-0.4, -0.2) is 89.3 Å². The van der Waals surface area contributed by atoms with E-state index in [1.807, 2.05) is 0 Å². The van der Waals surface area contributed by atoms with Gasteiger partial charge >= 0.3 is 21.3 Å². The first kappa shape index (κ1) is 28.3. The van der Waals surface area contributed by atoms with Crippen molar-refractivity contribution in [2.24, 2.45) is 0 Å². The summed E-state index contributed by atoms with van der Waals surface area (Å²) in [5, 5.41) is 39.3. The summed E-state index contributed by atoms with van der Waals surface area (Å²) < 4.78 is 49.0. The summed E-state index contributed by atoms with van der Waals surface area (Å²) in [6.07, 6.45) is -11.0. The van der Waals surface area contributed by atoms with Crippen LogP contribution in [0.3, 0.4) is 0 Å². The van der Waals surface area contributed by atoms with Gasteiger partial charge in [-0.15, -0.1) is 0 Å². The number of nitrogens with zero attached hydrogens (tertiary/aromatic N) is 1. The third-order valence-electron chi connectivity index (χ3n) is 5.31. The molecule has 0 spiro atoms. The molecule has 3 rings (SSSR count). The lowest BCUT2D eigenvalue weighted by Gasteiger charge is -2.38. The fourth-order valence-corrected chi connectivity index (χ4v) is 5.57. The normalized spacial score (nSPS) is 37.0. The number of nitrogens with one attached hydrogen (secondary N) is 1. The molecule has 19 heteroatoms. The highest BCUT2D eigenvalue weighted by Crippen LogP contribution is 2.61. The van der Waals surface area contributed by atoms with Crippen LogP contribution in [0.4, 0.5) is 0 Å². The number of ether oxygens (including phenoxy) is 2. The number of phosphoric ester groups is 2. The number of hydrogen-bond acceptors (Lipinski definition) is 13. The summed E-state index contributed by atoms with van der Waals surface area (Å²) in [5.41, 5.74) is -1.23. The second-order valence-electron chi connectivity index (χ2n) is 8.01. The Bertz CT molecular complexity index is 1120. The van der Waals surface area contributed by atoms with Crippen LogP contribution < -0.4 is 11.2 Å². The number of H-pyrrole nitrogens is 1. The van der Waals surface area contributed by atoms with Crippen LogP contribution >= 0.6 is 15.6 Å². The Hall–Kier alpha value is -1.30. The average Bonchev–Trinajstić information content (AvgIpc) is 3.11. The topological polar surface area (TPSA) is 257 Å². The molecule has 1 aromatic heterocycles. The van der Waals surface area contributed by atoms with Gasteiger partial charge in [0.2, 0.25) is 0 Å². The molecular weight excluding hydrogens is 522 g/mol. The van der Waals surface area contributed by atoms with Gasteiger partial charge in [-0.25, -0.2) is 13.9 Å². The van der Waals surface area contributed by atoms with Gasteiger partial charge in [0.05, 0.1) is 18.8 Å². The van der Waals surface area contributed by atoms with Crippen molar-refractivity contribution in [3.05, 3.63) is 32.6 Å². The molecule has 2 aliphatic heterocycles. The van der Waals surface area contributed by atoms with Crippen LogP contribution in [0.25, 0.3) is 0 Å². The molecule has 7 N–H and O–H groups in total. The van der Waals surface area contributed by atoms with Crippen molar-refractivity contribution < 1.29 is 62.2 Å². The Labute approximate surface area is 196 Å². The maximum atomic E-state index is 12.2. The van der Waals surface area contributed by atoms with E-state index in [0.717, 1.165) is 4.57 Å². The SMILES string of the molecule is Cc1cn([C@H]2C[C@H](O)[C@@H](COP(=O)(O)OP(=O)(O)O[C@H]3O[C@H](C)[C@H](O)[C@H](O)[C@H]3O)O2)c(=O)[nH]c1=O. The Balaban J connectivity index is 1.59. The van der Waals surface area contributed by atoms with E-state index in [4.69, 9.17) is 9.47 Å². The first-order valence-corrected chi connectivity index (χ1v) is 13.1. The second kappa shape index (κ2) is 10.6. The van der Waals surface area contributed by atoms with E-state index in [9.17, 15) is 48.9 Å². The zero-order valence-corrected chi connectivity index (χ0v) is 20.1. The van der Waals surface area contributed by atoms with Crippen molar-refractivity contribution in [1.29, 1.82) is 0 Å². The van der Waals surface area contributed by atoms with E-state index in [0.29, 0.717) is 0 Å². The number of aliphatic hydroxyl groups is 4. The predicted octanol–water partition coefficient (Wildman–Crippen LogP) is -2.43. The van der Waals surface area contributed by atoms with E-state index in [1.54, 1.807) is 0 Å². The second-order valence-corrected chi connectivity index (χ2v) is 11.0. The van der Waals surface area contributed by atoms with Gasteiger partial charge in [-0.2, -0.15) is 4.31 Å². The predicted molar refractivity (Wildman–Crippen MR) is 111 cm³/mol. The lowest BCUT2D eigenvalue weighted by atomic mass is 10.0. The molecule has 1 aromatic rings. The molecular formula is C16H26N2O15P2. The van der Waals surface area contributed by atoms with Crippen LogP contribution in [0.1, 0.15) is 25.1 Å². The molecule has 0 aliphatic carbocycles. The van der Waals surface area contributed by atoms with E-state index in [-0.39, 0.29) is 12.0 Å². The quantitative estimate of drug-likeness (QED) is 0.167. The molecule has 0 radical (unpaired) electrons. The monoisotopic (exact) mass is 548 g/mol. The van der Waals surface area contributed by atoms with Crippen LogP contribution in [0.2, 0.25) is 0 Å². The molecule has 0 bridgehead atoms. The van der Waals surface area contributed by atoms with Gasteiger partial charge in [-0.1, -0.05) is 0 Å². The largest absolute Gasteiger partial charge is 0.483 e. The summed E-state index contributed by atoms with van der Waals surface area (Å²) in [7, 11) is -10.8. The maximum absolute atomic E-state index is 12.2. The summed E-state index contributed by atoms with van der Waals surface area (Å²) in [6, 6.07) is 0. The zero-order valence-electron chi connectivity index (χ0n) is 18.3. The van der Waals surface area contributed by atoms with Crippen molar-refractivity contribution >= 4 is 15.6 Å². The third-order valence-corrected chi connectivity index (χ3v) is 7.91. The van der Waals surface area contributed by atoms with Crippen LogP contribution in [0, 0.1) is 6.92 Å². The molecule has 10 atom stereocenters. The molecule has 0 aromatic carbocycles. The molecule has 3 heterocycles. The Morgan fingerprint density at radius 3 is 2.40 bits per heavy atom. The van der Waals surface area contributed by atoms with E-state index >= 15 is 0 Å². The number of hydrogen-bond donors (Lipinski definition) is 7. The number of phosphoric acid groups is 2. The number of aromatic amines is 1. The summed E-state index contributed by atoms with van der Waals surface area (Å²) in [6.45, 7) is 1.88. The van der Waals surface area contributed by atoms with Crippen molar-refractivity contribution in [2.75, 3.05) is 6.61 Å². The highest BCUT2D eigenvalue weighted by molar-refractivity contribution is 7.61. The number of aryl methyl sites for hydroxylation is 1. The minimum absolute atomic E-state index is 0.152. The Kier molecular flexibility index (Phi) is 8.56. The van der Waals surface area contributed by atoms with Crippen LogP contribution in [-0.2, 0) is 32.0 Å². The van der Waals surface area contributed by atoms with Crippen LogP contribution in [0.15, 0.2) is 15.8 Å². The van der Waals surface area contributed by atoms with Gasteiger partial charge in [0.25, 0.3) is 5.56 Å². The molecule has 200 valence electrons. The zero-order chi connectivity index (χ0) is 26.3. The lowest BCUT2D eigenvalue weighted by molar-refractivity contribution is -0.271. The van der Waals surface area contributed by atoms with Gasteiger partial charge in [-0.05, 0) is 13.8 Å². The highest BCUT2D eigenvalue weighted by Gasteiger charge is 2.47. The molecule has 2 saturated heterocycles. The van der Waals surface area contributed by atoms with Crippen molar-refractivity contribution in [3.63, 3.8) is 0 Å². The van der Waals surface area contributed by atoms with Gasteiger partial charge in [0.1, 0.15) is 30.6 Å². The fraction of sp³-hybridized carbons (Fsp3) is 0.750. The fourth-order valence-electron chi connectivity index (χ4n) is 3.41. The molecule has 0 saturated carbocycles. The Morgan fingerprint density at radius 2 is 1.74 bits per heavy atom.